The summed E-state index contributed by atoms with van der Waals surface area (Å²) in [6, 6.07) is 14.0. The fourth-order valence-corrected chi connectivity index (χ4v) is 4.80. The Kier molecular flexibility index (Phi) is 7.18. The minimum atomic E-state index is -0.673. The van der Waals surface area contributed by atoms with Crippen LogP contribution in [0.4, 0.5) is 0 Å². The van der Waals surface area contributed by atoms with Crippen LogP contribution in [0.1, 0.15) is 66.8 Å². The molecule has 9 nitrogen and oxygen atoms in total. The minimum absolute atomic E-state index is 0.0248. The molecule has 1 aliphatic rings. The molecular formula is C30H32N4O5. The van der Waals surface area contributed by atoms with E-state index in [9.17, 15) is 14.4 Å². The number of amides is 1. The summed E-state index contributed by atoms with van der Waals surface area (Å²) in [4.78, 5) is 49.3. The zero-order chi connectivity index (χ0) is 27.7. The normalized spacial score (nSPS) is 16.2. The molecule has 1 aromatic carbocycles. The van der Waals surface area contributed by atoms with Gasteiger partial charge in [0.15, 0.2) is 5.49 Å². The zero-order valence-corrected chi connectivity index (χ0v) is 22.6. The van der Waals surface area contributed by atoms with Crippen LogP contribution in [0.15, 0.2) is 64.5 Å². The summed E-state index contributed by atoms with van der Waals surface area (Å²) in [6.45, 7) is 9.01. The molecule has 3 aromatic heterocycles. The summed E-state index contributed by atoms with van der Waals surface area (Å²) >= 11 is 0. The predicted molar refractivity (Wildman–Crippen MR) is 147 cm³/mol. The summed E-state index contributed by atoms with van der Waals surface area (Å²) < 4.78 is 14.3. The molecule has 1 amide bonds. The first-order valence-electron chi connectivity index (χ1n) is 13.2. The predicted octanol–water partition coefficient (Wildman–Crippen LogP) is 4.04. The van der Waals surface area contributed by atoms with Crippen molar-refractivity contribution in [3.8, 4) is 0 Å². The van der Waals surface area contributed by atoms with Gasteiger partial charge in [-0.1, -0.05) is 39.0 Å². The Hall–Kier alpha value is -4.11. The molecule has 5 rings (SSSR count). The van der Waals surface area contributed by atoms with Crippen molar-refractivity contribution in [3.63, 3.8) is 0 Å². The molecule has 0 aliphatic carbocycles. The molecule has 1 fully saturated rings. The standard InChI is InChI=1S/C30H32N4O5/c1-5-38-29(37)23-17-22-25(31-24-10-6-7-15-33(24)28(22)36)34(18-21-9-8-16-39-21)26(23)32-27(35)19-11-13-20(14-12-19)30(2,3)4/h6-7,10-15,17,21H,5,8-9,16,18H2,1-4H3/t21-/m1/s1. The third-order valence-electron chi connectivity index (χ3n) is 6.90. The lowest BCUT2D eigenvalue weighted by Crippen LogP contribution is -2.35. The smallest absolute Gasteiger partial charge is 0.341 e. The lowest BCUT2D eigenvalue weighted by Gasteiger charge is -2.19. The van der Waals surface area contributed by atoms with E-state index < -0.39 is 11.9 Å². The van der Waals surface area contributed by atoms with Gasteiger partial charge >= 0.3 is 5.97 Å². The van der Waals surface area contributed by atoms with Crippen molar-refractivity contribution in [1.82, 2.24) is 14.0 Å². The molecule has 0 spiro atoms. The Morgan fingerprint density at radius 1 is 1.15 bits per heavy atom. The number of hydrogen-bond acceptors (Lipinski definition) is 6. The fraction of sp³-hybridized carbons (Fsp3) is 0.367. The number of esters is 1. The van der Waals surface area contributed by atoms with E-state index in [1.165, 1.54) is 10.5 Å². The van der Waals surface area contributed by atoms with Crippen LogP contribution in [-0.4, -0.2) is 45.1 Å². The van der Waals surface area contributed by atoms with E-state index in [0.717, 1.165) is 18.4 Å². The highest BCUT2D eigenvalue weighted by atomic mass is 16.5. The van der Waals surface area contributed by atoms with E-state index in [2.05, 4.69) is 25.8 Å². The molecule has 4 heterocycles. The van der Waals surface area contributed by atoms with Gasteiger partial charge in [0.05, 0.1) is 24.6 Å². The second-order valence-corrected chi connectivity index (χ2v) is 10.7. The van der Waals surface area contributed by atoms with Crippen LogP contribution in [-0.2, 0) is 21.4 Å². The molecule has 202 valence electrons. The average molecular weight is 529 g/mol. The van der Waals surface area contributed by atoms with Crippen LogP contribution in [0.5, 0.6) is 0 Å². The van der Waals surface area contributed by atoms with Gasteiger partial charge < -0.3 is 14.0 Å². The first-order chi connectivity index (χ1) is 18.7. The van der Waals surface area contributed by atoms with E-state index in [0.29, 0.717) is 23.5 Å². The van der Waals surface area contributed by atoms with Crippen molar-refractivity contribution in [2.24, 2.45) is 4.99 Å². The molecule has 0 saturated carbocycles. The van der Waals surface area contributed by atoms with Crippen LogP contribution in [0, 0.1) is 0 Å². The van der Waals surface area contributed by atoms with Gasteiger partial charge in [0.1, 0.15) is 16.9 Å². The molecule has 1 saturated heterocycles. The molecule has 39 heavy (non-hydrogen) atoms. The maximum absolute atomic E-state index is 13.5. The summed E-state index contributed by atoms with van der Waals surface area (Å²) in [5.74, 6) is -1.19. The second-order valence-electron chi connectivity index (χ2n) is 10.7. The average Bonchev–Trinajstić information content (AvgIpc) is 3.43. The number of rotatable bonds is 5. The van der Waals surface area contributed by atoms with E-state index >= 15 is 0 Å². The summed E-state index contributed by atoms with van der Waals surface area (Å²) in [6.07, 6.45) is 3.14. The highest BCUT2D eigenvalue weighted by Gasteiger charge is 2.24. The highest BCUT2D eigenvalue weighted by Crippen LogP contribution is 2.22. The van der Waals surface area contributed by atoms with Crippen molar-refractivity contribution in [3.05, 3.63) is 87.3 Å². The number of carbonyl (C=O) groups is 2. The zero-order valence-electron chi connectivity index (χ0n) is 22.6. The topological polar surface area (TPSA) is 104 Å². The van der Waals surface area contributed by atoms with Gasteiger partial charge in [0.25, 0.3) is 11.5 Å². The second kappa shape index (κ2) is 10.6. The first kappa shape index (κ1) is 26.5. The summed E-state index contributed by atoms with van der Waals surface area (Å²) in [7, 11) is 0. The number of pyridine rings is 2. The highest BCUT2D eigenvalue weighted by molar-refractivity contribution is 5.97. The number of fused-ring (bicyclic) bond motifs is 2. The Balaban J connectivity index is 1.79. The van der Waals surface area contributed by atoms with E-state index in [-0.39, 0.29) is 46.7 Å². The largest absolute Gasteiger partial charge is 0.462 e. The Morgan fingerprint density at radius 2 is 1.92 bits per heavy atom. The number of nitrogens with zero attached hydrogens (tertiary/aromatic N) is 4. The quantitative estimate of drug-likeness (QED) is 0.286. The Bertz CT molecular complexity index is 1690. The molecule has 1 atom stereocenters. The summed E-state index contributed by atoms with van der Waals surface area (Å²) in [5, 5.41) is 0.223. The number of carbonyl (C=O) groups excluding carboxylic acids is 2. The van der Waals surface area contributed by atoms with Crippen LogP contribution in [0.3, 0.4) is 0 Å². The van der Waals surface area contributed by atoms with Gasteiger partial charge in [-0.05, 0) is 61.1 Å². The SMILES string of the molecule is CCOC(=O)c1cc2c(=O)n3ccccc3nc2n(C[C@H]2CCCO2)c1=NC(=O)c1ccc(C(C)(C)C)cc1. The van der Waals surface area contributed by atoms with E-state index in [1.807, 2.05) is 12.1 Å². The van der Waals surface area contributed by atoms with Crippen molar-refractivity contribution < 1.29 is 19.1 Å². The van der Waals surface area contributed by atoms with Gasteiger partial charge in [0.2, 0.25) is 0 Å². The maximum Gasteiger partial charge on any atom is 0.341 e. The van der Waals surface area contributed by atoms with Gasteiger partial charge in [-0.3, -0.25) is 14.0 Å². The van der Waals surface area contributed by atoms with Crippen molar-refractivity contribution in [2.45, 2.75) is 58.6 Å². The van der Waals surface area contributed by atoms with Crippen LogP contribution >= 0.6 is 0 Å². The molecule has 4 aromatic rings. The number of ether oxygens (including phenoxy) is 2. The molecule has 0 N–H and O–H groups in total. The lowest BCUT2D eigenvalue weighted by molar-refractivity contribution is 0.0521. The van der Waals surface area contributed by atoms with Crippen molar-refractivity contribution in [2.75, 3.05) is 13.2 Å². The van der Waals surface area contributed by atoms with Gasteiger partial charge in [-0.15, -0.1) is 0 Å². The first-order valence-corrected chi connectivity index (χ1v) is 13.2. The number of benzene rings is 1. The third-order valence-corrected chi connectivity index (χ3v) is 6.90. The maximum atomic E-state index is 13.5. The van der Waals surface area contributed by atoms with E-state index in [4.69, 9.17) is 14.5 Å². The minimum Gasteiger partial charge on any atom is -0.462 e. The van der Waals surface area contributed by atoms with Crippen molar-refractivity contribution >= 4 is 28.6 Å². The Labute approximate surface area is 225 Å². The molecule has 0 bridgehead atoms. The Morgan fingerprint density at radius 3 is 2.59 bits per heavy atom. The molecule has 9 heteroatoms. The molecule has 0 unspecified atom stereocenters. The van der Waals surface area contributed by atoms with Gasteiger partial charge in [-0.2, -0.15) is 4.99 Å². The lowest BCUT2D eigenvalue weighted by atomic mass is 9.87. The van der Waals surface area contributed by atoms with Crippen LogP contribution in [0.25, 0.3) is 16.7 Å². The number of aromatic nitrogens is 3. The molecule has 1 aliphatic heterocycles. The van der Waals surface area contributed by atoms with Crippen LogP contribution in [0.2, 0.25) is 0 Å². The monoisotopic (exact) mass is 528 g/mol. The molecular weight excluding hydrogens is 496 g/mol. The van der Waals surface area contributed by atoms with Crippen LogP contribution < -0.4 is 11.0 Å². The van der Waals surface area contributed by atoms with Crippen molar-refractivity contribution in [1.29, 1.82) is 0 Å². The third kappa shape index (κ3) is 5.27. The molecule has 0 radical (unpaired) electrons. The summed E-state index contributed by atoms with van der Waals surface area (Å²) in [5.41, 5.74) is 1.94. The van der Waals surface area contributed by atoms with E-state index in [1.54, 1.807) is 48.0 Å². The van der Waals surface area contributed by atoms with Gasteiger partial charge in [-0.25, -0.2) is 9.78 Å². The fourth-order valence-electron chi connectivity index (χ4n) is 4.80. The number of hydrogen-bond donors (Lipinski definition) is 0. The van der Waals surface area contributed by atoms with Gasteiger partial charge in [0, 0.05) is 18.4 Å².